The minimum atomic E-state index is -0.320. The van der Waals surface area contributed by atoms with E-state index in [1.807, 2.05) is 49.1 Å². The van der Waals surface area contributed by atoms with Gasteiger partial charge in [0.25, 0.3) is 5.91 Å². The largest absolute Gasteiger partial charge is 0.373 e. The zero-order chi connectivity index (χ0) is 16.8. The van der Waals surface area contributed by atoms with Crippen molar-refractivity contribution >= 4 is 23.2 Å². The van der Waals surface area contributed by atoms with E-state index in [0.29, 0.717) is 0 Å². The molecule has 1 aliphatic heterocycles. The molecule has 0 radical (unpaired) electrons. The van der Waals surface area contributed by atoms with E-state index >= 15 is 0 Å². The Morgan fingerprint density at radius 1 is 1.35 bits per heavy atom. The van der Waals surface area contributed by atoms with Crippen LogP contribution in [0.2, 0.25) is 5.02 Å². The summed E-state index contributed by atoms with van der Waals surface area (Å²) in [7, 11) is 0. The van der Waals surface area contributed by atoms with Gasteiger partial charge in [0.05, 0.1) is 0 Å². The van der Waals surface area contributed by atoms with Gasteiger partial charge in [-0.3, -0.25) is 4.79 Å². The van der Waals surface area contributed by atoms with Crippen molar-refractivity contribution in [2.75, 3.05) is 31.1 Å². The Bertz CT molecular complexity index is 628. The van der Waals surface area contributed by atoms with E-state index in [1.165, 1.54) is 0 Å². The van der Waals surface area contributed by atoms with Gasteiger partial charge in [0, 0.05) is 49.1 Å². The van der Waals surface area contributed by atoms with E-state index in [-0.39, 0.29) is 17.5 Å². The van der Waals surface area contributed by atoms with Crippen LogP contribution in [0, 0.1) is 11.3 Å². The standard InChI is InChI=1S/C17H21ClN4O/c1-13(2)20-17(23)14(11-19)12-21-6-8-22(9-7-21)16-5-3-4-15(18)10-16/h3-5,10,12-13H,6-9H2,1-2H3,(H,20,23)/b14-12-. The summed E-state index contributed by atoms with van der Waals surface area (Å²) in [6, 6.07) is 9.77. The number of hydrogen-bond donors (Lipinski definition) is 1. The monoisotopic (exact) mass is 332 g/mol. The molecule has 1 amide bonds. The Balaban J connectivity index is 1.97. The third-order valence-electron chi connectivity index (χ3n) is 3.58. The van der Waals surface area contributed by atoms with Crippen molar-refractivity contribution in [2.24, 2.45) is 0 Å². The third-order valence-corrected chi connectivity index (χ3v) is 3.82. The van der Waals surface area contributed by atoms with E-state index in [4.69, 9.17) is 16.9 Å². The van der Waals surface area contributed by atoms with Gasteiger partial charge in [-0.25, -0.2) is 0 Å². The summed E-state index contributed by atoms with van der Waals surface area (Å²) in [6.07, 6.45) is 1.66. The lowest BCUT2D eigenvalue weighted by Gasteiger charge is -2.35. The molecule has 2 rings (SSSR count). The number of piperazine rings is 1. The first-order chi connectivity index (χ1) is 11.0. The molecule has 1 N–H and O–H groups in total. The number of benzene rings is 1. The fourth-order valence-electron chi connectivity index (χ4n) is 2.44. The molecule has 1 fully saturated rings. The number of amides is 1. The molecule has 0 unspecified atom stereocenters. The Hall–Kier alpha value is -2.19. The van der Waals surface area contributed by atoms with E-state index in [9.17, 15) is 4.79 Å². The van der Waals surface area contributed by atoms with Gasteiger partial charge in [0.2, 0.25) is 0 Å². The molecular formula is C17H21ClN4O. The summed E-state index contributed by atoms with van der Waals surface area (Å²) in [5, 5.41) is 12.6. The van der Waals surface area contributed by atoms with Crippen LogP contribution in [0.5, 0.6) is 0 Å². The van der Waals surface area contributed by atoms with Crippen LogP contribution in [0.3, 0.4) is 0 Å². The number of rotatable bonds is 4. The maximum atomic E-state index is 11.9. The maximum absolute atomic E-state index is 11.9. The zero-order valence-corrected chi connectivity index (χ0v) is 14.2. The van der Waals surface area contributed by atoms with Gasteiger partial charge in [-0.2, -0.15) is 5.26 Å². The van der Waals surface area contributed by atoms with E-state index < -0.39 is 0 Å². The molecule has 1 saturated heterocycles. The van der Waals surface area contributed by atoms with Crippen LogP contribution in [-0.4, -0.2) is 43.0 Å². The number of nitrogens with one attached hydrogen (secondary N) is 1. The van der Waals surface area contributed by atoms with Crippen molar-refractivity contribution in [1.82, 2.24) is 10.2 Å². The van der Waals surface area contributed by atoms with Gasteiger partial charge in [0.15, 0.2) is 0 Å². The molecule has 1 heterocycles. The van der Waals surface area contributed by atoms with E-state index in [1.54, 1.807) is 6.20 Å². The second-order valence-electron chi connectivity index (χ2n) is 5.79. The lowest BCUT2D eigenvalue weighted by molar-refractivity contribution is -0.117. The van der Waals surface area contributed by atoms with E-state index in [2.05, 4.69) is 10.2 Å². The Labute approximate surface area is 142 Å². The van der Waals surface area contributed by atoms with Crippen LogP contribution < -0.4 is 10.2 Å². The van der Waals surface area contributed by atoms with Crippen LogP contribution in [0.25, 0.3) is 0 Å². The van der Waals surface area contributed by atoms with Crippen molar-refractivity contribution < 1.29 is 4.79 Å². The molecular weight excluding hydrogens is 312 g/mol. The molecule has 0 aliphatic carbocycles. The van der Waals surface area contributed by atoms with Gasteiger partial charge in [-0.15, -0.1) is 0 Å². The maximum Gasteiger partial charge on any atom is 0.263 e. The number of anilines is 1. The zero-order valence-electron chi connectivity index (χ0n) is 13.4. The number of halogens is 1. The summed E-state index contributed by atoms with van der Waals surface area (Å²) >= 11 is 6.03. The van der Waals surface area contributed by atoms with Crippen molar-refractivity contribution in [3.8, 4) is 6.07 Å². The highest BCUT2D eigenvalue weighted by Gasteiger charge is 2.18. The van der Waals surface area contributed by atoms with Crippen LogP contribution >= 0.6 is 11.6 Å². The SMILES string of the molecule is CC(C)NC(=O)/C(C#N)=C\N1CCN(c2cccc(Cl)c2)CC1. The second-order valence-corrected chi connectivity index (χ2v) is 6.22. The van der Waals surface area contributed by atoms with Gasteiger partial charge in [-0.05, 0) is 32.0 Å². The fourth-order valence-corrected chi connectivity index (χ4v) is 2.63. The molecule has 0 saturated carbocycles. The molecule has 122 valence electrons. The number of carbonyl (C=O) groups excluding carboxylic acids is 1. The predicted molar refractivity (Wildman–Crippen MR) is 92.2 cm³/mol. The summed E-state index contributed by atoms with van der Waals surface area (Å²) in [6.45, 7) is 6.90. The van der Waals surface area contributed by atoms with Crippen molar-refractivity contribution in [1.29, 1.82) is 5.26 Å². The highest BCUT2D eigenvalue weighted by atomic mass is 35.5. The van der Waals surface area contributed by atoms with Gasteiger partial charge >= 0.3 is 0 Å². The number of carbonyl (C=O) groups is 1. The van der Waals surface area contributed by atoms with Crippen LogP contribution in [0.1, 0.15) is 13.8 Å². The first kappa shape index (κ1) is 17.2. The molecule has 0 spiro atoms. The summed E-state index contributed by atoms with van der Waals surface area (Å²) in [5.41, 5.74) is 1.24. The highest BCUT2D eigenvalue weighted by Crippen LogP contribution is 2.21. The van der Waals surface area contributed by atoms with Gasteiger partial charge in [0.1, 0.15) is 11.6 Å². The molecule has 6 heteroatoms. The summed E-state index contributed by atoms with van der Waals surface area (Å²) < 4.78 is 0. The summed E-state index contributed by atoms with van der Waals surface area (Å²) in [4.78, 5) is 16.2. The minimum absolute atomic E-state index is 0.0129. The molecule has 0 aromatic heterocycles. The first-order valence-corrected chi connectivity index (χ1v) is 8.04. The molecule has 1 aromatic carbocycles. The van der Waals surface area contributed by atoms with Crippen LogP contribution in [0.4, 0.5) is 5.69 Å². The lowest BCUT2D eigenvalue weighted by Crippen LogP contribution is -2.44. The quantitative estimate of drug-likeness (QED) is 0.679. The van der Waals surface area contributed by atoms with Crippen molar-refractivity contribution in [2.45, 2.75) is 19.9 Å². The molecule has 0 atom stereocenters. The third kappa shape index (κ3) is 4.90. The number of nitrogens with zero attached hydrogens (tertiary/aromatic N) is 3. The van der Waals surface area contributed by atoms with Crippen LogP contribution in [0.15, 0.2) is 36.0 Å². The Morgan fingerprint density at radius 3 is 2.61 bits per heavy atom. The highest BCUT2D eigenvalue weighted by molar-refractivity contribution is 6.30. The molecule has 1 aromatic rings. The Morgan fingerprint density at radius 2 is 2.04 bits per heavy atom. The number of hydrogen-bond acceptors (Lipinski definition) is 4. The topological polar surface area (TPSA) is 59.4 Å². The van der Waals surface area contributed by atoms with Gasteiger partial charge < -0.3 is 15.1 Å². The normalized spacial score (nSPS) is 15.5. The Kier molecular flexibility index (Phi) is 5.89. The molecule has 1 aliphatic rings. The average molecular weight is 333 g/mol. The molecule has 23 heavy (non-hydrogen) atoms. The summed E-state index contributed by atoms with van der Waals surface area (Å²) in [5.74, 6) is -0.320. The fraction of sp³-hybridized carbons (Fsp3) is 0.412. The minimum Gasteiger partial charge on any atom is -0.373 e. The predicted octanol–water partition coefficient (Wildman–Crippen LogP) is 2.39. The van der Waals surface area contributed by atoms with E-state index in [0.717, 1.165) is 36.9 Å². The van der Waals surface area contributed by atoms with Crippen LogP contribution in [-0.2, 0) is 4.79 Å². The number of nitriles is 1. The molecule has 5 nitrogen and oxygen atoms in total. The van der Waals surface area contributed by atoms with Crippen molar-refractivity contribution in [3.05, 3.63) is 41.1 Å². The lowest BCUT2D eigenvalue weighted by atomic mass is 10.2. The second kappa shape index (κ2) is 7.89. The smallest absolute Gasteiger partial charge is 0.263 e. The first-order valence-electron chi connectivity index (χ1n) is 7.67. The molecule has 0 bridgehead atoms. The van der Waals surface area contributed by atoms with Gasteiger partial charge in [-0.1, -0.05) is 17.7 Å². The average Bonchev–Trinajstić information content (AvgIpc) is 2.52. The van der Waals surface area contributed by atoms with Crippen molar-refractivity contribution in [3.63, 3.8) is 0 Å².